The van der Waals surface area contributed by atoms with Gasteiger partial charge in [-0.25, -0.2) is 0 Å². The summed E-state index contributed by atoms with van der Waals surface area (Å²) in [6, 6.07) is 0. The van der Waals surface area contributed by atoms with E-state index in [-0.39, 0.29) is 23.6 Å². The fourth-order valence-electron chi connectivity index (χ4n) is 2.71. The molecule has 0 spiro atoms. The van der Waals surface area contributed by atoms with Crippen LogP contribution in [-0.2, 0) is 14.4 Å². The van der Waals surface area contributed by atoms with Crippen LogP contribution in [0.4, 0.5) is 0 Å². The van der Waals surface area contributed by atoms with Crippen LogP contribution in [0.25, 0.3) is 0 Å². The summed E-state index contributed by atoms with van der Waals surface area (Å²) >= 11 is 0. The third-order valence-corrected chi connectivity index (χ3v) is 3.03. The molecule has 0 heterocycles. The number of hydrogen-bond donors (Lipinski definition) is 2. The first-order valence-corrected chi connectivity index (χ1v) is 4.74. The first kappa shape index (κ1) is 9.89. The van der Waals surface area contributed by atoms with Crippen LogP contribution in [0.1, 0.15) is 19.3 Å². The van der Waals surface area contributed by atoms with Gasteiger partial charge in [0.25, 0.3) is 0 Å². The Kier molecular flexibility index (Phi) is 2.25. The van der Waals surface area contributed by atoms with E-state index >= 15 is 0 Å². The fourth-order valence-corrected chi connectivity index (χ4v) is 2.71. The highest BCUT2D eigenvalue weighted by atomic mass is 16.6. The van der Waals surface area contributed by atoms with Gasteiger partial charge >= 0.3 is 0 Å². The summed E-state index contributed by atoms with van der Waals surface area (Å²) in [5.41, 5.74) is 3.13. The molecular formula is C9H16N2O3. The molecule has 14 heavy (non-hydrogen) atoms. The largest absolute Gasteiger partial charge is 0.375 e. The lowest BCUT2D eigenvalue weighted by Crippen LogP contribution is -2.83. The highest BCUT2D eigenvalue weighted by Gasteiger charge is 2.69. The molecule has 0 aromatic heterocycles. The van der Waals surface area contributed by atoms with Crippen molar-refractivity contribution in [3.8, 4) is 0 Å². The average molecular weight is 200 g/mol. The number of hydrogen-bond acceptors (Lipinski definition) is 4. The van der Waals surface area contributed by atoms with Crippen molar-refractivity contribution < 1.29 is 14.4 Å². The number of amides is 1. The van der Waals surface area contributed by atoms with Gasteiger partial charge in [-0.2, -0.15) is 5.48 Å². The van der Waals surface area contributed by atoms with Crippen molar-refractivity contribution in [2.24, 2.45) is 0 Å². The molecule has 0 aromatic carbocycles. The van der Waals surface area contributed by atoms with Gasteiger partial charge < -0.3 is 14.9 Å². The number of carbonyl (C=O) groups is 1. The second-order valence-electron chi connectivity index (χ2n) is 4.38. The molecule has 80 valence electrons. The van der Waals surface area contributed by atoms with E-state index in [9.17, 15) is 4.79 Å². The SMILES string of the molecule is COCC(=O)NC12CC(NOC)(C1)C2. The topological polar surface area (TPSA) is 59.6 Å². The van der Waals surface area contributed by atoms with Gasteiger partial charge in [-0.1, -0.05) is 0 Å². The Morgan fingerprint density at radius 2 is 1.93 bits per heavy atom. The van der Waals surface area contributed by atoms with Gasteiger partial charge in [0.2, 0.25) is 5.91 Å². The molecule has 3 aliphatic carbocycles. The molecule has 3 aliphatic rings. The van der Waals surface area contributed by atoms with Gasteiger partial charge in [-0.3, -0.25) is 4.79 Å². The summed E-state index contributed by atoms with van der Waals surface area (Å²) in [7, 11) is 3.14. The highest BCUT2D eigenvalue weighted by molar-refractivity contribution is 5.78. The van der Waals surface area contributed by atoms with Gasteiger partial charge in [0, 0.05) is 18.2 Å². The molecule has 0 saturated heterocycles. The molecule has 5 heteroatoms. The van der Waals surface area contributed by atoms with Crippen LogP contribution in [0, 0.1) is 0 Å². The first-order valence-electron chi connectivity index (χ1n) is 4.74. The summed E-state index contributed by atoms with van der Waals surface area (Å²) in [4.78, 5) is 16.1. The molecule has 0 aromatic rings. The Hall–Kier alpha value is -0.650. The standard InChI is InChI=1S/C9H16N2O3/c1-13-3-7(12)10-8-4-9(5-8,6-8)11-14-2/h11H,3-6H2,1-2H3,(H,10,12). The number of hydroxylamine groups is 1. The van der Waals surface area contributed by atoms with E-state index < -0.39 is 0 Å². The molecule has 2 N–H and O–H groups in total. The summed E-state index contributed by atoms with van der Waals surface area (Å²) in [5, 5.41) is 2.98. The maximum Gasteiger partial charge on any atom is 0.246 e. The van der Waals surface area contributed by atoms with E-state index in [4.69, 9.17) is 9.57 Å². The minimum Gasteiger partial charge on any atom is -0.375 e. The van der Waals surface area contributed by atoms with E-state index in [0.717, 1.165) is 19.3 Å². The maximum absolute atomic E-state index is 11.3. The average Bonchev–Trinajstić information content (AvgIpc) is 1.99. The third-order valence-electron chi connectivity index (χ3n) is 3.03. The Balaban J connectivity index is 1.75. The van der Waals surface area contributed by atoms with Gasteiger partial charge in [0.15, 0.2) is 0 Å². The highest BCUT2D eigenvalue weighted by Crippen LogP contribution is 2.60. The zero-order chi connectivity index (χ0) is 10.2. The number of carbonyl (C=O) groups excluding carboxylic acids is 1. The number of ether oxygens (including phenoxy) is 1. The van der Waals surface area contributed by atoms with Crippen LogP contribution < -0.4 is 10.8 Å². The third kappa shape index (κ3) is 1.41. The quantitative estimate of drug-likeness (QED) is 0.591. The molecule has 5 nitrogen and oxygen atoms in total. The zero-order valence-corrected chi connectivity index (χ0v) is 8.55. The molecular weight excluding hydrogens is 184 g/mol. The van der Waals surface area contributed by atoms with Crippen LogP contribution in [-0.4, -0.2) is 37.8 Å². The Morgan fingerprint density at radius 3 is 2.43 bits per heavy atom. The van der Waals surface area contributed by atoms with Crippen molar-refractivity contribution in [1.82, 2.24) is 10.8 Å². The van der Waals surface area contributed by atoms with Gasteiger partial charge in [-0.05, 0) is 19.3 Å². The van der Waals surface area contributed by atoms with Crippen molar-refractivity contribution in [3.63, 3.8) is 0 Å². The van der Waals surface area contributed by atoms with Crippen LogP contribution in [0.15, 0.2) is 0 Å². The molecule has 1 amide bonds. The zero-order valence-electron chi connectivity index (χ0n) is 8.55. The lowest BCUT2D eigenvalue weighted by atomic mass is 9.44. The van der Waals surface area contributed by atoms with Crippen molar-refractivity contribution >= 4 is 5.91 Å². The summed E-state index contributed by atoms with van der Waals surface area (Å²) in [6.07, 6.45) is 2.88. The summed E-state index contributed by atoms with van der Waals surface area (Å²) in [6.45, 7) is 0.145. The smallest absolute Gasteiger partial charge is 0.246 e. The number of methoxy groups -OCH3 is 1. The molecule has 3 saturated carbocycles. The summed E-state index contributed by atoms with van der Waals surface area (Å²) < 4.78 is 4.76. The second kappa shape index (κ2) is 3.18. The Labute approximate surface area is 83.1 Å². The van der Waals surface area contributed by atoms with E-state index in [1.54, 1.807) is 7.11 Å². The van der Waals surface area contributed by atoms with Gasteiger partial charge in [0.05, 0.1) is 7.11 Å². The first-order chi connectivity index (χ1) is 6.64. The molecule has 0 unspecified atom stereocenters. The fraction of sp³-hybridized carbons (Fsp3) is 0.889. The monoisotopic (exact) mass is 200 g/mol. The lowest BCUT2D eigenvalue weighted by Gasteiger charge is -2.69. The number of rotatable bonds is 5. The predicted molar refractivity (Wildman–Crippen MR) is 49.5 cm³/mol. The summed E-state index contributed by atoms with van der Waals surface area (Å²) in [5.74, 6) is -0.0294. The van der Waals surface area contributed by atoms with Crippen LogP contribution in [0.5, 0.6) is 0 Å². The van der Waals surface area contributed by atoms with Gasteiger partial charge in [-0.15, -0.1) is 0 Å². The van der Waals surface area contributed by atoms with Crippen molar-refractivity contribution in [2.45, 2.75) is 30.3 Å². The molecule has 0 aliphatic heterocycles. The minimum absolute atomic E-state index is 0.0289. The Morgan fingerprint density at radius 1 is 1.29 bits per heavy atom. The van der Waals surface area contributed by atoms with E-state index in [0.29, 0.717) is 0 Å². The van der Waals surface area contributed by atoms with Crippen LogP contribution in [0.2, 0.25) is 0 Å². The van der Waals surface area contributed by atoms with Crippen molar-refractivity contribution in [3.05, 3.63) is 0 Å². The van der Waals surface area contributed by atoms with E-state index in [2.05, 4.69) is 10.8 Å². The van der Waals surface area contributed by atoms with Gasteiger partial charge in [0.1, 0.15) is 6.61 Å². The minimum atomic E-state index is -0.0294. The predicted octanol–water partition coefficient (Wildman–Crippen LogP) is -0.425. The number of nitrogens with one attached hydrogen (secondary N) is 2. The molecule has 3 fully saturated rings. The molecule has 3 rings (SSSR count). The van der Waals surface area contributed by atoms with Crippen LogP contribution >= 0.6 is 0 Å². The molecule has 0 atom stereocenters. The second-order valence-corrected chi connectivity index (χ2v) is 4.38. The maximum atomic E-state index is 11.3. The van der Waals surface area contributed by atoms with Crippen LogP contribution in [0.3, 0.4) is 0 Å². The lowest BCUT2D eigenvalue weighted by molar-refractivity contribution is -0.178. The van der Waals surface area contributed by atoms with E-state index in [1.807, 2.05) is 0 Å². The van der Waals surface area contributed by atoms with Crippen molar-refractivity contribution in [2.75, 3.05) is 20.8 Å². The van der Waals surface area contributed by atoms with Crippen molar-refractivity contribution in [1.29, 1.82) is 0 Å². The molecule has 0 radical (unpaired) electrons. The normalized spacial score (nSPS) is 38.4. The molecule has 2 bridgehead atoms. The van der Waals surface area contributed by atoms with E-state index in [1.165, 1.54) is 7.11 Å². The Bertz CT molecular complexity index is 235.